The highest BCUT2D eigenvalue weighted by molar-refractivity contribution is 7.09. The maximum atomic E-state index is 13.8. The number of amides is 3. The summed E-state index contributed by atoms with van der Waals surface area (Å²) >= 11 is 0.764. The quantitative estimate of drug-likeness (QED) is 0.407. The molecule has 11 nitrogen and oxygen atoms in total. The normalized spacial score (nSPS) is 14.6. The second-order valence-electron chi connectivity index (χ2n) is 8.49. The van der Waals surface area contributed by atoms with Crippen LogP contribution in [-0.4, -0.2) is 67.5 Å². The zero-order chi connectivity index (χ0) is 26.2. The summed E-state index contributed by atoms with van der Waals surface area (Å²) in [7, 11) is 4.51. The van der Waals surface area contributed by atoms with Crippen molar-refractivity contribution < 1.29 is 28.6 Å². The van der Waals surface area contributed by atoms with Crippen LogP contribution in [0.3, 0.4) is 0 Å². The smallest absolute Gasteiger partial charge is 0.270 e. The first-order valence-electron chi connectivity index (χ1n) is 11.7. The summed E-state index contributed by atoms with van der Waals surface area (Å²) in [5.74, 6) is -0.833. The van der Waals surface area contributed by atoms with Gasteiger partial charge in [-0.2, -0.15) is 4.37 Å². The lowest BCUT2D eigenvalue weighted by Gasteiger charge is -2.33. The fraction of sp³-hybridized carbons (Fsp3) is 0.500. The lowest BCUT2D eigenvalue weighted by Crippen LogP contribution is -2.48. The van der Waals surface area contributed by atoms with Gasteiger partial charge in [-0.1, -0.05) is 25.3 Å². The van der Waals surface area contributed by atoms with Gasteiger partial charge < -0.3 is 35.9 Å². The molecule has 36 heavy (non-hydrogen) atoms. The van der Waals surface area contributed by atoms with Gasteiger partial charge in [0.25, 0.3) is 11.8 Å². The summed E-state index contributed by atoms with van der Waals surface area (Å²) in [4.78, 5) is 40.6. The fourth-order valence-electron chi connectivity index (χ4n) is 4.32. The van der Waals surface area contributed by atoms with Crippen LogP contribution in [0.4, 0.5) is 5.69 Å². The second-order valence-corrected chi connectivity index (χ2v) is 9.26. The molecule has 0 bridgehead atoms. The highest BCUT2D eigenvalue weighted by Gasteiger charge is 2.36. The molecule has 0 radical (unpaired) electrons. The second kappa shape index (κ2) is 12.5. The number of hydrogen-bond acceptors (Lipinski definition) is 9. The molecule has 3 rings (SSSR count). The first-order chi connectivity index (χ1) is 17.3. The van der Waals surface area contributed by atoms with Crippen LogP contribution in [0.25, 0.3) is 0 Å². The van der Waals surface area contributed by atoms with E-state index in [2.05, 4.69) is 9.69 Å². The molecule has 5 N–H and O–H groups in total. The van der Waals surface area contributed by atoms with Crippen molar-refractivity contribution in [2.45, 2.75) is 44.2 Å². The minimum Gasteiger partial charge on any atom is -0.493 e. The number of nitrogen functional groups attached to an aromatic ring is 1. The summed E-state index contributed by atoms with van der Waals surface area (Å²) in [6.45, 7) is 0.239. The predicted octanol–water partition coefficient (Wildman–Crippen LogP) is 2.12. The van der Waals surface area contributed by atoms with Crippen LogP contribution in [0.2, 0.25) is 0 Å². The molecule has 2 aromatic rings. The minimum absolute atomic E-state index is 0.0169. The zero-order valence-electron chi connectivity index (χ0n) is 20.7. The van der Waals surface area contributed by atoms with Crippen molar-refractivity contribution in [3.63, 3.8) is 0 Å². The first kappa shape index (κ1) is 27.2. The summed E-state index contributed by atoms with van der Waals surface area (Å²) in [6, 6.07) is 4.04. The average Bonchev–Trinajstić information content (AvgIpc) is 3.27. The molecule has 1 aliphatic rings. The van der Waals surface area contributed by atoms with E-state index >= 15 is 0 Å². The van der Waals surface area contributed by atoms with Crippen LogP contribution in [-0.2, 0) is 9.53 Å². The Labute approximate surface area is 214 Å². The Kier molecular flexibility index (Phi) is 9.48. The van der Waals surface area contributed by atoms with Gasteiger partial charge in [0.2, 0.25) is 5.91 Å². The summed E-state index contributed by atoms with van der Waals surface area (Å²) in [5.41, 5.74) is 11.6. The third-order valence-corrected chi connectivity index (χ3v) is 7.04. The zero-order valence-corrected chi connectivity index (χ0v) is 21.6. The van der Waals surface area contributed by atoms with Crippen molar-refractivity contribution in [3.8, 4) is 11.5 Å². The molecule has 196 valence electrons. The topological polar surface area (TPSA) is 159 Å². The van der Waals surface area contributed by atoms with E-state index in [-0.39, 0.29) is 41.4 Å². The Morgan fingerprint density at radius 3 is 2.42 bits per heavy atom. The lowest BCUT2D eigenvalue weighted by atomic mass is 9.94. The first-order valence-corrected chi connectivity index (χ1v) is 12.5. The van der Waals surface area contributed by atoms with Crippen LogP contribution in [0.5, 0.6) is 11.5 Å². The number of hydrogen-bond donors (Lipinski definition) is 3. The fourth-order valence-corrected chi connectivity index (χ4v) is 5.08. The molecule has 1 heterocycles. The van der Waals surface area contributed by atoms with E-state index in [0.717, 1.165) is 43.6 Å². The molecular formula is C24H33N5O6S. The molecule has 0 saturated heterocycles. The number of methoxy groups -OCH3 is 3. The third-order valence-electron chi connectivity index (χ3n) is 6.19. The van der Waals surface area contributed by atoms with Crippen molar-refractivity contribution in [3.05, 3.63) is 34.3 Å². The van der Waals surface area contributed by atoms with Crippen LogP contribution in [0.15, 0.2) is 18.2 Å². The van der Waals surface area contributed by atoms with Crippen molar-refractivity contribution in [1.82, 2.24) is 14.6 Å². The molecule has 1 fully saturated rings. The van der Waals surface area contributed by atoms with Gasteiger partial charge in [0.15, 0.2) is 17.2 Å². The third kappa shape index (κ3) is 6.05. The highest BCUT2D eigenvalue weighted by atomic mass is 32.1. The number of ether oxygens (including phenoxy) is 3. The Morgan fingerprint density at radius 1 is 1.14 bits per heavy atom. The molecule has 12 heteroatoms. The van der Waals surface area contributed by atoms with Crippen LogP contribution in [0.1, 0.15) is 63.9 Å². The van der Waals surface area contributed by atoms with Gasteiger partial charge in [0.1, 0.15) is 10.9 Å². The number of benzene rings is 1. The van der Waals surface area contributed by atoms with E-state index in [9.17, 15) is 14.4 Å². The lowest BCUT2D eigenvalue weighted by molar-refractivity contribution is -0.127. The predicted molar refractivity (Wildman–Crippen MR) is 135 cm³/mol. The molecular weight excluding hydrogens is 486 g/mol. The molecule has 1 aromatic heterocycles. The standard InChI is InChI=1S/C24H33N5O6S/c1-33-12-11-29(24(32)21-18(25)19(22(26)30)28-36-21)20(23(31)27-15-7-5-4-6-8-15)14-9-10-16(34-2)17(13-14)35-3/h9-10,13,15,20H,4-8,11-12,25H2,1-3H3,(H2,26,30)(H,27,31)/t20-/m1/s1. The summed E-state index contributed by atoms with van der Waals surface area (Å²) < 4.78 is 20.0. The van der Waals surface area contributed by atoms with Crippen molar-refractivity contribution >= 4 is 34.9 Å². The Bertz CT molecular complexity index is 1080. The van der Waals surface area contributed by atoms with Gasteiger partial charge in [-0.3, -0.25) is 14.4 Å². The van der Waals surface area contributed by atoms with Crippen molar-refractivity contribution in [2.24, 2.45) is 5.73 Å². The van der Waals surface area contributed by atoms with Gasteiger partial charge in [-0.05, 0) is 42.1 Å². The van der Waals surface area contributed by atoms with E-state index in [0.29, 0.717) is 17.1 Å². The molecule has 3 amide bonds. The van der Waals surface area contributed by atoms with Gasteiger partial charge >= 0.3 is 0 Å². The minimum atomic E-state index is -1.03. The number of anilines is 1. The number of nitrogens with one attached hydrogen (secondary N) is 1. The van der Waals surface area contributed by atoms with Gasteiger partial charge in [-0.15, -0.1) is 0 Å². The van der Waals surface area contributed by atoms with E-state index in [1.807, 2.05) is 0 Å². The maximum Gasteiger partial charge on any atom is 0.270 e. The largest absolute Gasteiger partial charge is 0.493 e. The molecule has 1 atom stereocenters. The van der Waals surface area contributed by atoms with Gasteiger partial charge in [0, 0.05) is 19.7 Å². The number of nitrogens with zero attached hydrogens (tertiary/aromatic N) is 2. The van der Waals surface area contributed by atoms with Gasteiger partial charge in [-0.25, -0.2) is 0 Å². The molecule has 1 saturated carbocycles. The number of carbonyl (C=O) groups is 3. The van der Waals surface area contributed by atoms with Crippen LogP contribution >= 0.6 is 11.5 Å². The SMILES string of the molecule is COCCN(C(=O)c1snc(C(N)=O)c1N)[C@@H](C(=O)NC1CCCCC1)c1ccc(OC)c(OC)c1. The Morgan fingerprint density at radius 2 is 1.83 bits per heavy atom. The molecule has 1 aromatic carbocycles. The van der Waals surface area contributed by atoms with E-state index in [1.54, 1.807) is 18.2 Å². The van der Waals surface area contributed by atoms with Crippen LogP contribution < -0.4 is 26.3 Å². The van der Waals surface area contributed by atoms with Crippen molar-refractivity contribution in [1.29, 1.82) is 0 Å². The summed E-state index contributed by atoms with van der Waals surface area (Å²) in [6.07, 6.45) is 4.95. The molecule has 0 unspecified atom stereocenters. The van der Waals surface area contributed by atoms with E-state index in [1.165, 1.54) is 26.2 Å². The molecule has 0 spiro atoms. The van der Waals surface area contributed by atoms with Gasteiger partial charge in [0.05, 0.1) is 26.5 Å². The number of carbonyl (C=O) groups excluding carboxylic acids is 3. The number of nitrogens with two attached hydrogens (primary N) is 2. The number of rotatable bonds is 11. The van der Waals surface area contributed by atoms with E-state index in [4.69, 9.17) is 25.7 Å². The Hall–Kier alpha value is -3.38. The van der Waals surface area contributed by atoms with Crippen LogP contribution in [0, 0.1) is 0 Å². The molecule has 1 aliphatic carbocycles. The number of primary amides is 1. The summed E-state index contributed by atoms with van der Waals surface area (Å²) in [5, 5.41) is 3.12. The number of aromatic nitrogens is 1. The maximum absolute atomic E-state index is 13.8. The molecule has 0 aliphatic heterocycles. The van der Waals surface area contributed by atoms with Crippen molar-refractivity contribution in [2.75, 3.05) is 40.2 Å². The monoisotopic (exact) mass is 519 g/mol. The average molecular weight is 520 g/mol. The Balaban J connectivity index is 2.07. The highest BCUT2D eigenvalue weighted by Crippen LogP contribution is 2.34. The van der Waals surface area contributed by atoms with E-state index < -0.39 is 17.9 Å².